The fourth-order valence-electron chi connectivity index (χ4n) is 2.68. The summed E-state index contributed by atoms with van der Waals surface area (Å²) in [5.74, 6) is 0.0386. The second kappa shape index (κ2) is 8.52. The summed E-state index contributed by atoms with van der Waals surface area (Å²) >= 11 is 7.56. The largest absolute Gasteiger partial charge is 0.495 e. The predicted octanol–water partition coefficient (Wildman–Crippen LogP) is 3.02. The third kappa shape index (κ3) is 4.08. The number of nitrogens with two attached hydrogens (primary N) is 1. The van der Waals surface area contributed by atoms with Gasteiger partial charge in [0.2, 0.25) is 0 Å². The summed E-state index contributed by atoms with van der Waals surface area (Å²) in [5.41, 5.74) is 7.32. The van der Waals surface area contributed by atoms with Crippen molar-refractivity contribution in [1.29, 1.82) is 0 Å². The van der Waals surface area contributed by atoms with Crippen molar-refractivity contribution < 1.29 is 19.0 Å². The van der Waals surface area contributed by atoms with Gasteiger partial charge in [0.1, 0.15) is 28.7 Å². The second-order valence-electron chi connectivity index (χ2n) is 6.39. The van der Waals surface area contributed by atoms with Gasteiger partial charge < -0.3 is 24.7 Å². The number of rotatable bonds is 7. The molecule has 0 aliphatic carbocycles. The topological polar surface area (TPSA) is 108 Å². The lowest BCUT2D eigenvalue weighted by molar-refractivity contribution is 0.202. The van der Waals surface area contributed by atoms with Crippen molar-refractivity contribution in [1.82, 2.24) is 19.6 Å². The average molecular weight is 450 g/mol. The first kappa shape index (κ1) is 20.5. The van der Waals surface area contributed by atoms with Crippen LogP contribution in [0.25, 0.3) is 26.9 Å². The minimum absolute atomic E-state index is 0.0370. The van der Waals surface area contributed by atoms with E-state index in [2.05, 4.69) is 15.2 Å². The summed E-state index contributed by atoms with van der Waals surface area (Å²) in [4.78, 5) is 4.52. The first-order chi connectivity index (χ1) is 14.5. The van der Waals surface area contributed by atoms with E-state index in [1.807, 2.05) is 22.7 Å². The second-order valence-corrected chi connectivity index (χ2v) is 7.77. The fraction of sp³-hybridized carbons (Fsp3) is 0.211. The number of aliphatic hydroxyl groups is 1. The molecule has 0 fully saturated rings. The van der Waals surface area contributed by atoms with E-state index in [9.17, 15) is 4.39 Å². The number of imidazole rings is 1. The first-order valence-electron chi connectivity index (χ1n) is 8.83. The molecular formula is C19H17ClFN5O3S. The van der Waals surface area contributed by atoms with Gasteiger partial charge in [-0.25, -0.2) is 9.37 Å². The van der Waals surface area contributed by atoms with Crippen molar-refractivity contribution in [3.8, 4) is 32.8 Å². The third-order valence-corrected chi connectivity index (χ3v) is 5.53. The number of benzene rings is 1. The minimum atomic E-state index is -0.615. The Bertz CT molecular complexity index is 1200. The molecule has 4 rings (SSSR count). The van der Waals surface area contributed by atoms with Gasteiger partial charge in [-0.1, -0.05) is 22.9 Å². The Kier molecular flexibility index (Phi) is 5.82. The molecule has 0 saturated heterocycles. The number of pyridine rings is 1. The number of fused-ring (bicyclic) bond motifs is 1. The van der Waals surface area contributed by atoms with Crippen molar-refractivity contribution in [3.05, 3.63) is 47.5 Å². The van der Waals surface area contributed by atoms with Crippen LogP contribution in [0.2, 0.25) is 5.02 Å². The zero-order valence-electron chi connectivity index (χ0n) is 15.7. The van der Waals surface area contributed by atoms with Crippen molar-refractivity contribution >= 4 is 28.6 Å². The highest BCUT2D eigenvalue weighted by atomic mass is 35.5. The molecule has 4 aromatic rings. The normalized spacial score (nSPS) is 12.3. The Morgan fingerprint density at radius 1 is 1.27 bits per heavy atom. The van der Waals surface area contributed by atoms with Crippen molar-refractivity contribution in [2.24, 2.45) is 5.73 Å². The van der Waals surface area contributed by atoms with E-state index in [0.29, 0.717) is 27.0 Å². The number of aliphatic hydroxyl groups excluding tert-OH is 1. The van der Waals surface area contributed by atoms with Crippen LogP contribution in [0, 0.1) is 5.82 Å². The molecule has 0 aliphatic rings. The summed E-state index contributed by atoms with van der Waals surface area (Å²) in [6.07, 6.45) is 3.62. The molecule has 0 unspecified atom stereocenters. The highest BCUT2D eigenvalue weighted by Gasteiger charge is 2.18. The van der Waals surface area contributed by atoms with Gasteiger partial charge in [-0.15, -0.1) is 10.2 Å². The lowest BCUT2D eigenvalue weighted by atomic mass is 10.2. The molecule has 0 radical (unpaired) electrons. The molecule has 0 spiro atoms. The molecule has 3 aromatic heterocycles. The third-order valence-electron chi connectivity index (χ3n) is 4.24. The van der Waals surface area contributed by atoms with E-state index >= 15 is 0 Å². The number of aromatic nitrogens is 4. The van der Waals surface area contributed by atoms with Crippen LogP contribution in [0.1, 0.15) is 0 Å². The van der Waals surface area contributed by atoms with Gasteiger partial charge in [0.05, 0.1) is 31.0 Å². The molecule has 0 bridgehead atoms. The number of nitrogens with zero attached hydrogens (tertiary/aromatic N) is 4. The summed E-state index contributed by atoms with van der Waals surface area (Å²) < 4.78 is 26.8. The summed E-state index contributed by atoms with van der Waals surface area (Å²) in [5, 5.41) is 18.5. The van der Waals surface area contributed by atoms with E-state index in [0.717, 1.165) is 5.65 Å². The lowest BCUT2D eigenvalue weighted by Crippen LogP contribution is -2.31. The van der Waals surface area contributed by atoms with Crippen LogP contribution in [-0.4, -0.2) is 51.1 Å². The van der Waals surface area contributed by atoms with Crippen LogP contribution < -0.4 is 15.2 Å². The Labute approximate surface area is 179 Å². The first-order valence-corrected chi connectivity index (χ1v) is 10.0. The lowest BCUT2D eigenvalue weighted by Gasteiger charge is -2.12. The molecule has 30 heavy (non-hydrogen) atoms. The number of ether oxygens (including phenoxy) is 2. The Balaban J connectivity index is 1.61. The molecule has 8 nitrogen and oxygen atoms in total. The highest BCUT2D eigenvalue weighted by molar-refractivity contribution is 7.18. The maximum Gasteiger partial charge on any atom is 0.168 e. The van der Waals surface area contributed by atoms with Crippen molar-refractivity contribution in [2.75, 3.05) is 20.3 Å². The predicted molar refractivity (Wildman–Crippen MR) is 112 cm³/mol. The molecule has 11 heteroatoms. The summed E-state index contributed by atoms with van der Waals surface area (Å²) in [6, 6.07) is 5.63. The number of hydrogen-bond acceptors (Lipinski definition) is 8. The van der Waals surface area contributed by atoms with Gasteiger partial charge >= 0.3 is 0 Å². The van der Waals surface area contributed by atoms with E-state index in [1.165, 1.54) is 23.5 Å². The van der Waals surface area contributed by atoms with Crippen LogP contribution in [0.5, 0.6) is 11.5 Å². The molecule has 156 valence electrons. The average Bonchev–Trinajstić information content (AvgIpc) is 3.40. The van der Waals surface area contributed by atoms with Gasteiger partial charge in [0.15, 0.2) is 16.6 Å². The summed E-state index contributed by atoms with van der Waals surface area (Å²) in [7, 11) is 1.59. The Morgan fingerprint density at radius 2 is 2.07 bits per heavy atom. The van der Waals surface area contributed by atoms with Gasteiger partial charge in [-0.2, -0.15) is 0 Å². The molecule has 1 atom stereocenters. The van der Waals surface area contributed by atoms with Gasteiger partial charge in [-0.3, -0.25) is 0 Å². The quantitative estimate of drug-likeness (QED) is 0.446. The molecule has 1 aromatic carbocycles. The molecule has 3 N–H and O–H groups in total. The van der Waals surface area contributed by atoms with Crippen molar-refractivity contribution in [3.63, 3.8) is 0 Å². The fourth-order valence-corrected chi connectivity index (χ4v) is 3.81. The number of halogens is 2. The van der Waals surface area contributed by atoms with E-state index in [4.69, 9.17) is 31.9 Å². The van der Waals surface area contributed by atoms with Gasteiger partial charge in [-0.05, 0) is 18.2 Å². The molecule has 0 aliphatic heterocycles. The van der Waals surface area contributed by atoms with Crippen LogP contribution in [0.15, 0.2) is 36.7 Å². The Hall–Kier alpha value is -2.79. The van der Waals surface area contributed by atoms with Crippen LogP contribution in [-0.2, 0) is 0 Å². The maximum absolute atomic E-state index is 14.5. The number of methoxy groups -OCH3 is 1. The zero-order chi connectivity index (χ0) is 21.3. The van der Waals surface area contributed by atoms with Gasteiger partial charge in [0.25, 0.3) is 0 Å². The Morgan fingerprint density at radius 3 is 2.83 bits per heavy atom. The minimum Gasteiger partial charge on any atom is -0.495 e. The van der Waals surface area contributed by atoms with Crippen molar-refractivity contribution in [2.45, 2.75) is 6.04 Å². The van der Waals surface area contributed by atoms with E-state index in [1.54, 1.807) is 13.3 Å². The SMILES string of the molecule is COc1ccc2nc(-c3nnc(-c4cc(F)c(OC[C@H](N)CO)cc4Cl)s3)cn2c1. The highest BCUT2D eigenvalue weighted by Crippen LogP contribution is 2.37. The van der Waals surface area contributed by atoms with Crippen LogP contribution >= 0.6 is 22.9 Å². The van der Waals surface area contributed by atoms with Crippen LogP contribution in [0.4, 0.5) is 4.39 Å². The molecular weight excluding hydrogens is 433 g/mol. The zero-order valence-corrected chi connectivity index (χ0v) is 17.3. The standard InChI is InChI=1S/C19H17ClFN5O3S/c1-28-11-2-3-17-23-15(7-26(17)6-11)19-25-24-18(30-19)12-4-14(21)16(5-13(12)20)29-9-10(22)8-27/h2-7,10,27H,8-9,22H2,1H3/t10-/m1/s1. The number of hydrogen-bond donors (Lipinski definition) is 2. The maximum atomic E-state index is 14.5. The molecule has 0 saturated carbocycles. The molecule has 3 heterocycles. The van der Waals surface area contributed by atoms with E-state index in [-0.39, 0.29) is 24.0 Å². The molecule has 0 amide bonds. The summed E-state index contributed by atoms with van der Waals surface area (Å²) in [6.45, 7) is -0.304. The van der Waals surface area contributed by atoms with Crippen LogP contribution in [0.3, 0.4) is 0 Å². The van der Waals surface area contributed by atoms with Gasteiger partial charge in [0, 0.05) is 17.8 Å². The van der Waals surface area contributed by atoms with E-state index < -0.39 is 11.9 Å². The monoisotopic (exact) mass is 449 g/mol. The smallest absolute Gasteiger partial charge is 0.168 e.